The summed E-state index contributed by atoms with van der Waals surface area (Å²) < 4.78 is 16.9. The number of benzene rings is 3. The molecule has 1 unspecified atom stereocenters. The molecule has 7 nitrogen and oxygen atoms in total. The third kappa shape index (κ3) is 6.17. The zero-order valence-electron chi connectivity index (χ0n) is 22.4. The number of Topliss-reactive ketones (excluding diaryl/α,β-unsaturated/α-hetero) is 1. The summed E-state index contributed by atoms with van der Waals surface area (Å²) in [5, 5.41) is 1.05. The average Bonchev–Trinajstić information content (AvgIpc) is 3.31. The maximum absolute atomic E-state index is 13.1. The first-order valence-electron chi connectivity index (χ1n) is 13.2. The van der Waals surface area contributed by atoms with Crippen molar-refractivity contribution in [2.75, 3.05) is 12.8 Å². The molecule has 0 saturated heterocycles. The monoisotopic (exact) mass is 541 g/mol. The van der Waals surface area contributed by atoms with Crippen LogP contribution in [0.1, 0.15) is 46.1 Å². The summed E-state index contributed by atoms with van der Waals surface area (Å²) in [4.78, 5) is 35.8. The number of pyridine rings is 1. The fraction of sp³-hybridized carbons (Fsp3) is 0.258. The summed E-state index contributed by atoms with van der Waals surface area (Å²) in [6.07, 6.45) is 1.63. The van der Waals surface area contributed by atoms with Gasteiger partial charge in [0.25, 0.3) is 0 Å². The van der Waals surface area contributed by atoms with Gasteiger partial charge in [-0.25, -0.2) is 4.98 Å². The Bertz CT molecular complexity index is 1700. The van der Waals surface area contributed by atoms with E-state index in [1.807, 2.05) is 68.4 Å². The molecule has 2 aromatic heterocycles. The van der Waals surface area contributed by atoms with E-state index >= 15 is 0 Å². The second kappa shape index (κ2) is 11.2. The van der Waals surface area contributed by atoms with E-state index in [2.05, 4.69) is 22.1 Å². The molecule has 0 spiro atoms. The lowest BCUT2D eigenvalue weighted by Crippen LogP contribution is -2.05. The van der Waals surface area contributed by atoms with Crippen LogP contribution < -0.4 is 0 Å². The highest BCUT2D eigenvalue weighted by molar-refractivity contribution is 7.52. The predicted octanol–water partition coefficient (Wildman–Crippen LogP) is 6.97. The van der Waals surface area contributed by atoms with Gasteiger partial charge in [0.15, 0.2) is 5.78 Å². The van der Waals surface area contributed by atoms with Crippen molar-refractivity contribution in [2.45, 2.75) is 40.0 Å². The van der Waals surface area contributed by atoms with Crippen LogP contribution in [0.3, 0.4) is 0 Å². The number of aromatic nitrogens is 3. The largest absolute Gasteiger partial charge is 0.338 e. The van der Waals surface area contributed by atoms with Crippen LogP contribution in [0.2, 0.25) is 0 Å². The Morgan fingerprint density at radius 1 is 0.974 bits per heavy atom. The minimum Gasteiger partial charge on any atom is -0.338 e. The third-order valence-electron chi connectivity index (χ3n) is 6.87. The molecule has 200 valence electrons. The topological polar surface area (TPSA) is 105 Å². The fourth-order valence-corrected chi connectivity index (χ4v) is 6.19. The van der Waals surface area contributed by atoms with E-state index in [1.54, 1.807) is 6.92 Å². The summed E-state index contributed by atoms with van der Waals surface area (Å²) >= 11 is 0. The van der Waals surface area contributed by atoms with E-state index in [1.165, 1.54) is 0 Å². The molecule has 8 heteroatoms. The number of fused-ring (bicyclic) bond motifs is 2. The van der Waals surface area contributed by atoms with Gasteiger partial charge < -0.3 is 14.4 Å². The second-order valence-corrected chi connectivity index (χ2v) is 11.9. The number of hydrogen-bond acceptors (Lipinski definition) is 5. The number of para-hydroxylation sites is 1. The SMILES string of the molecule is CCOP(=O)(O)CCCc1cc(C)c(-c2nc3ccc(C(=O)Cc4ccc5ccccc5n4)cc3[nH]2)c(C)c1. The second-order valence-electron chi connectivity index (χ2n) is 9.90. The molecule has 5 aromatic rings. The van der Waals surface area contributed by atoms with E-state index in [4.69, 9.17) is 9.51 Å². The number of carbonyl (C=O) groups excluding carboxylic acids is 1. The zero-order valence-corrected chi connectivity index (χ0v) is 23.3. The molecule has 1 atom stereocenters. The summed E-state index contributed by atoms with van der Waals surface area (Å²) in [7, 11) is -3.51. The molecule has 5 rings (SSSR count). The van der Waals surface area contributed by atoms with Gasteiger partial charge in [-0.15, -0.1) is 0 Å². The summed E-state index contributed by atoms with van der Waals surface area (Å²) in [5.74, 6) is 0.757. The summed E-state index contributed by atoms with van der Waals surface area (Å²) in [6.45, 7) is 6.04. The quantitative estimate of drug-likeness (QED) is 0.146. The van der Waals surface area contributed by atoms with E-state index in [-0.39, 0.29) is 25.0 Å². The molecule has 0 aliphatic carbocycles. The minimum atomic E-state index is -3.51. The number of nitrogens with one attached hydrogen (secondary N) is 1. The van der Waals surface area contributed by atoms with Crippen LogP contribution in [-0.4, -0.2) is 38.4 Å². The first-order valence-corrected chi connectivity index (χ1v) is 14.9. The number of ketones is 1. The Balaban J connectivity index is 1.33. The molecular weight excluding hydrogens is 509 g/mol. The van der Waals surface area contributed by atoms with Crippen molar-refractivity contribution in [1.29, 1.82) is 0 Å². The molecule has 39 heavy (non-hydrogen) atoms. The molecule has 0 aliphatic rings. The Hall–Kier alpha value is -3.64. The molecule has 0 bridgehead atoms. The maximum atomic E-state index is 13.1. The van der Waals surface area contributed by atoms with Crippen molar-refractivity contribution in [3.63, 3.8) is 0 Å². The highest BCUT2D eigenvalue weighted by Gasteiger charge is 2.18. The highest BCUT2D eigenvalue weighted by Crippen LogP contribution is 2.42. The fourth-order valence-electron chi connectivity index (χ4n) is 5.10. The van der Waals surface area contributed by atoms with E-state index < -0.39 is 7.60 Å². The number of aryl methyl sites for hydroxylation is 3. The molecule has 0 radical (unpaired) electrons. The Labute approximate surface area is 227 Å². The van der Waals surface area contributed by atoms with Crippen LogP contribution in [0.4, 0.5) is 0 Å². The van der Waals surface area contributed by atoms with Crippen molar-refractivity contribution >= 4 is 35.3 Å². The molecule has 0 amide bonds. The van der Waals surface area contributed by atoms with Crippen LogP contribution >= 0.6 is 7.60 Å². The van der Waals surface area contributed by atoms with Crippen molar-refractivity contribution < 1.29 is 18.8 Å². The molecule has 2 heterocycles. The molecule has 3 aromatic carbocycles. The lowest BCUT2D eigenvalue weighted by atomic mass is 9.97. The Kier molecular flexibility index (Phi) is 7.76. The smallest absolute Gasteiger partial charge is 0.328 e. The average molecular weight is 542 g/mol. The van der Waals surface area contributed by atoms with E-state index in [0.29, 0.717) is 18.4 Å². The first-order chi connectivity index (χ1) is 18.7. The molecule has 0 saturated carbocycles. The van der Waals surface area contributed by atoms with Gasteiger partial charge in [-0.2, -0.15) is 0 Å². The molecule has 0 aliphatic heterocycles. The van der Waals surface area contributed by atoms with Crippen molar-refractivity contribution in [3.05, 3.63) is 94.7 Å². The van der Waals surface area contributed by atoms with Crippen LogP contribution in [0.5, 0.6) is 0 Å². The minimum absolute atomic E-state index is 0.00399. The number of rotatable bonds is 10. The van der Waals surface area contributed by atoms with Gasteiger partial charge in [-0.1, -0.05) is 36.4 Å². The van der Waals surface area contributed by atoms with Gasteiger partial charge in [-0.05, 0) is 80.6 Å². The lowest BCUT2D eigenvalue weighted by molar-refractivity contribution is 0.0992. The van der Waals surface area contributed by atoms with Crippen molar-refractivity contribution in [1.82, 2.24) is 15.0 Å². The van der Waals surface area contributed by atoms with Crippen LogP contribution in [0, 0.1) is 13.8 Å². The number of hydrogen-bond donors (Lipinski definition) is 2. The van der Waals surface area contributed by atoms with Gasteiger partial charge in [0.2, 0.25) is 0 Å². The van der Waals surface area contributed by atoms with Crippen LogP contribution in [0.25, 0.3) is 33.3 Å². The maximum Gasteiger partial charge on any atom is 0.328 e. The number of imidazole rings is 1. The van der Waals surface area contributed by atoms with Gasteiger partial charge in [0.05, 0.1) is 35.7 Å². The van der Waals surface area contributed by atoms with Gasteiger partial charge in [-0.3, -0.25) is 14.3 Å². The molecule has 2 N–H and O–H groups in total. The molecule has 0 fully saturated rings. The van der Waals surface area contributed by atoms with E-state index in [0.717, 1.165) is 55.7 Å². The van der Waals surface area contributed by atoms with Gasteiger partial charge in [0.1, 0.15) is 5.82 Å². The van der Waals surface area contributed by atoms with Crippen LogP contribution in [-0.2, 0) is 21.9 Å². The first kappa shape index (κ1) is 26.9. The number of carbonyl (C=O) groups is 1. The van der Waals surface area contributed by atoms with Crippen molar-refractivity contribution in [2.24, 2.45) is 0 Å². The predicted molar refractivity (Wildman–Crippen MR) is 155 cm³/mol. The van der Waals surface area contributed by atoms with Gasteiger partial charge in [0, 0.05) is 22.2 Å². The number of H-pyrrole nitrogens is 1. The Morgan fingerprint density at radius 2 is 1.74 bits per heavy atom. The standard InChI is InChI=1S/C31H32N3O4P/c1-4-38-39(36,37)15-7-8-22-16-20(2)30(21(3)17-22)31-33-27-14-12-24(18-28(27)34-31)29(35)19-25-13-11-23-9-5-6-10-26(23)32-25/h5-6,9-14,16-18H,4,7-8,15,19H2,1-3H3,(H,33,34)(H,36,37). The van der Waals surface area contributed by atoms with Crippen LogP contribution in [0.15, 0.2) is 66.7 Å². The van der Waals surface area contributed by atoms with Gasteiger partial charge >= 0.3 is 7.60 Å². The van der Waals surface area contributed by atoms with E-state index in [9.17, 15) is 14.3 Å². The third-order valence-corrected chi connectivity index (χ3v) is 8.41. The lowest BCUT2D eigenvalue weighted by Gasteiger charge is -2.13. The number of nitrogens with zero attached hydrogens (tertiary/aromatic N) is 2. The normalized spacial score (nSPS) is 13.1. The summed E-state index contributed by atoms with van der Waals surface area (Å²) in [6, 6.07) is 21.5. The Morgan fingerprint density at radius 3 is 2.51 bits per heavy atom. The molecular formula is C31H32N3O4P. The zero-order chi connectivity index (χ0) is 27.6. The van der Waals surface area contributed by atoms with Crippen molar-refractivity contribution in [3.8, 4) is 11.4 Å². The highest BCUT2D eigenvalue weighted by atomic mass is 31.2. The summed E-state index contributed by atoms with van der Waals surface area (Å²) in [5.41, 5.74) is 8.11. The number of aromatic amines is 1.